The zero-order valence-corrected chi connectivity index (χ0v) is 19.4. The molecule has 0 spiro atoms. The van der Waals surface area contributed by atoms with Crippen molar-refractivity contribution in [3.8, 4) is 0 Å². The number of hydrogen-bond acceptors (Lipinski definition) is 4. The smallest absolute Gasteiger partial charge is 0.271 e. The Morgan fingerprint density at radius 3 is 2.52 bits per heavy atom. The van der Waals surface area contributed by atoms with Gasteiger partial charge in [0.15, 0.2) is 0 Å². The predicted molar refractivity (Wildman–Crippen MR) is 130 cm³/mol. The van der Waals surface area contributed by atoms with Crippen molar-refractivity contribution in [3.63, 3.8) is 0 Å². The van der Waals surface area contributed by atoms with Crippen LogP contribution in [0.25, 0.3) is 10.2 Å². The number of fused-ring (bicyclic) bond motifs is 1. The lowest BCUT2D eigenvalue weighted by atomic mass is 9.80. The lowest BCUT2D eigenvalue weighted by molar-refractivity contribution is 0.270. The highest BCUT2D eigenvalue weighted by Gasteiger charge is 2.23. The van der Waals surface area contributed by atoms with Crippen molar-refractivity contribution in [2.24, 2.45) is 5.92 Å². The van der Waals surface area contributed by atoms with Crippen molar-refractivity contribution in [3.05, 3.63) is 51.4 Å². The van der Waals surface area contributed by atoms with E-state index in [4.69, 9.17) is 4.98 Å². The zero-order valence-electron chi connectivity index (χ0n) is 18.6. The first-order valence-corrected chi connectivity index (χ1v) is 13.3. The van der Waals surface area contributed by atoms with Gasteiger partial charge in [0.25, 0.3) is 5.56 Å². The third-order valence-electron chi connectivity index (χ3n) is 7.47. The van der Waals surface area contributed by atoms with Gasteiger partial charge in [-0.1, -0.05) is 50.3 Å². The van der Waals surface area contributed by atoms with Crippen LogP contribution in [-0.2, 0) is 6.54 Å². The van der Waals surface area contributed by atoms with E-state index < -0.39 is 0 Å². The van der Waals surface area contributed by atoms with Crippen LogP contribution in [-0.4, -0.2) is 34.1 Å². The van der Waals surface area contributed by atoms with E-state index in [0.29, 0.717) is 0 Å². The summed E-state index contributed by atoms with van der Waals surface area (Å²) in [4.78, 5) is 20.9. The lowest BCUT2D eigenvalue weighted by Crippen LogP contribution is -2.34. The van der Waals surface area contributed by atoms with E-state index in [1.807, 2.05) is 16.0 Å². The lowest BCUT2D eigenvalue weighted by Gasteiger charge is -2.27. The number of rotatable bonds is 5. The third-order valence-corrected chi connectivity index (χ3v) is 8.36. The summed E-state index contributed by atoms with van der Waals surface area (Å²) < 4.78 is 2.80. The van der Waals surface area contributed by atoms with Crippen LogP contribution >= 0.6 is 11.3 Å². The molecule has 0 aromatic carbocycles. The molecular weight excluding hydrogens is 402 g/mol. The van der Waals surface area contributed by atoms with Gasteiger partial charge in [-0.05, 0) is 68.1 Å². The van der Waals surface area contributed by atoms with Gasteiger partial charge in [0.1, 0.15) is 10.5 Å². The average Bonchev–Trinajstić information content (AvgIpc) is 3.14. The predicted octanol–water partition coefficient (Wildman–Crippen LogP) is 5.88. The zero-order chi connectivity index (χ0) is 21.0. The summed E-state index contributed by atoms with van der Waals surface area (Å²) in [6.07, 6.45) is 20.1. The summed E-state index contributed by atoms with van der Waals surface area (Å²) in [5.41, 5.74) is 2.54. The normalized spacial score (nSPS) is 23.7. The van der Waals surface area contributed by atoms with Gasteiger partial charge in [0.05, 0.1) is 5.52 Å². The van der Waals surface area contributed by atoms with Crippen molar-refractivity contribution in [1.82, 2.24) is 14.5 Å². The van der Waals surface area contributed by atoms with Crippen LogP contribution in [0.3, 0.4) is 0 Å². The van der Waals surface area contributed by atoms with E-state index in [2.05, 4.69) is 23.1 Å². The minimum absolute atomic E-state index is 0.153. The first kappa shape index (κ1) is 21.1. The van der Waals surface area contributed by atoms with Gasteiger partial charge in [-0.25, -0.2) is 4.98 Å². The van der Waals surface area contributed by atoms with E-state index in [1.165, 1.54) is 74.7 Å². The molecule has 1 saturated carbocycles. The monoisotopic (exact) mass is 437 g/mol. The molecule has 1 saturated heterocycles. The second kappa shape index (κ2) is 9.83. The first-order chi connectivity index (χ1) is 15.3. The van der Waals surface area contributed by atoms with Crippen molar-refractivity contribution in [2.75, 3.05) is 19.6 Å². The molecule has 1 atom stereocenters. The second-order valence-corrected chi connectivity index (χ2v) is 10.5. The minimum atomic E-state index is 0.153. The molecule has 2 aliphatic carbocycles. The maximum Gasteiger partial charge on any atom is 0.271 e. The molecule has 2 fully saturated rings. The molecule has 1 unspecified atom stereocenters. The van der Waals surface area contributed by atoms with Crippen LogP contribution in [0.2, 0.25) is 0 Å². The van der Waals surface area contributed by atoms with E-state index in [-0.39, 0.29) is 11.5 Å². The van der Waals surface area contributed by atoms with Gasteiger partial charge < -0.3 is 4.90 Å². The Balaban J connectivity index is 1.38. The number of thiophene rings is 1. The summed E-state index contributed by atoms with van der Waals surface area (Å²) >= 11 is 1.53. The van der Waals surface area contributed by atoms with Crippen LogP contribution in [0.1, 0.15) is 76.0 Å². The SMILES string of the molecule is O=c1c2sccc2nc(C2C=CC(C3CCCCC3)=CC2)n1CCN1CCCCCC1. The maximum absolute atomic E-state index is 13.4. The van der Waals surface area contributed by atoms with Crippen molar-refractivity contribution < 1.29 is 0 Å². The third kappa shape index (κ3) is 4.73. The van der Waals surface area contributed by atoms with Gasteiger partial charge in [-0.2, -0.15) is 0 Å². The summed E-state index contributed by atoms with van der Waals surface area (Å²) in [6, 6.07) is 2.00. The van der Waals surface area contributed by atoms with E-state index in [9.17, 15) is 4.79 Å². The van der Waals surface area contributed by atoms with E-state index in [1.54, 1.807) is 0 Å². The summed E-state index contributed by atoms with van der Waals surface area (Å²) in [5.74, 6) is 1.90. The van der Waals surface area contributed by atoms with Crippen LogP contribution in [0, 0.1) is 5.92 Å². The highest BCUT2D eigenvalue weighted by molar-refractivity contribution is 7.17. The molecular formula is C26H35N3OS. The maximum atomic E-state index is 13.4. The van der Waals surface area contributed by atoms with E-state index >= 15 is 0 Å². The fourth-order valence-electron chi connectivity index (χ4n) is 5.63. The molecule has 0 radical (unpaired) electrons. The molecule has 1 aliphatic heterocycles. The Hall–Kier alpha value is -1.72. The molecule has 3 aliphatic rings. The van der Waals surface area contributed by atoms with Gasteiger partial charge >= 0.3 is 0 Å². The quantitative estimate of drug-likeness (QED) is 0.586. The van der Waals surface area contributed by atoms with Crippen LogP contribution < -0.4 is 5.56 Å². The van der Waals surface area contributed by atoms with Gasteiger partial charge in [0.2, 0.25) is 0 Å². The van der Waals surface area contributed by atoms with Crippen molar-refractivity contribution >= 4 is 21.6 Å². The Bertz CT molecular complexity index is 1000. The van der Waals surface area contributed by atoms with Gasteiger partial charge in [-0.15, -0.1) is 11.3 Å². The molecule has 0 bridgehead atoms. The van der Waals surface area contributed by atoms with Gasteiger partial charge in [-0.3, -0.25) is 9.36 Å². The average molecular weight is 438 g/mol. The Morgan fingerprint density at radius 1 is 1.00 bits per heavy atom. The Kier molecular flexibility index (Phi) is 6.70. The molecule has 0 N–H and O–H groups in total. The molecule has 2 aromatic rings. The molecule has 4 nitrogen and oxygen atoms in total. The standard InChI is InChI=1S/C26H35N3OS/c30-26-24-23(14-19-31-24)27-25(29(26)18-17-28-15-6-1-2-7-16-28)22-12-10-21(11-13-22)20-8-4-3-5-9-20/h10-12,14,19-20,22H,1-9,13,15-18H2. The summed E-state index contributed by atoms with van der Waals surface area (Å²) in [5, 5.41) is 2.00. The van der Waals surface area contributed by atoms with Gasteiger partial charge in [0, 0.05) is 19.0 Å². The number of aromatic nitrogens is 2. The Labute approximate surface area is 189 Å². The molecule has 5 heteroatoms. The van der Waals surface area contributed by atoms with Crippen LogP contribution in [0.15, 0.2) is 40.0 Å². The summed E-state index contributed by atoms with van der Waals surface area (Å²) in [7, 11) is 0. The number of nitrogens with zero attached hydrogens (tertiary/aromatic N) is 3. The minimum Gasteiger partial charge on any atom is -0.302 e. The topological polar surface area (TPSA) is 38.1 Å². The van der Waals surface area contributed by atoms with Crippen molar-refractivity contribution in [1.29, 1.82) is 0 Å². The molecule has 2 aromatic heterocycles. The fraction of sp³-hybridized carbons (Fsp3) is 0.615. The number of likely N-dealkylation sites (tertiary alicyclic amines) is 1. The molecule has 31 heavy (non-hydrogen) atoms. The highest BCUT2D eigenvalue weighted by Crippen LogP contribution is 2.35. The fourth-order valence-corrected chi connectivity index (χ4v) is 6.41. The molecule has 0 amide bonds. The van der Waals surface area contributed by atoms with Crippen molar-refractivity contribution in [2.45, 2.75) is 76.7 Å². The number of hydrogen-bond donors (Lipinski definition) is 0. The molecule has 3 heterocycles. The number of allylic oxidation sites excluding steroid dienone is 4. The first-order valence-electron chi connectivity index (χ1n) is 12.4. The van der Waals surface area contributed by atoms with E-state index in [0.717, 1.165) is 54.6 Å². The summed E-state index contributed by atoms with van der Waals surface area (Å²) in [6.45, 7) is 4.02. The van der Waals surface area contributed by atoms with Crippen LogP contribution in [0.4, 0.5) is 0 Å². The Morgan fingerprint density at radius 2 is 1.77 bits per heavy atom. The second-order valence-electron chi connectivity index (χ2n) is 9.56. The van der Waals surface area contributed by atoms with Crippen LogP contribution in [0.5, 0.6) is 0 Å². The molecule has 5 rings (SSSR count). The highest BCUT2D eigenvalue weighted by atomic mass is 32.1. The molecule has 166 valence electrons. The largest absolute Gasteiger partial charge is 0.302 e.